The highest BCUT2D eigenvalue weighted by Gasteiger charge is 2.01. The second-order valence-electron chi connectivity index (χ2n) is 2.38. The van der Waals surface area contributed by atoms with Crippen LogP contribution in [0, 0.1) is 0 Å². The van der Waals surface area contributed by atoms with E-state index < -0.39 is 0 Å². The maximum absolute atomic E-state index is 11.1. The van der Waals surface area contributed by atoms with Gasteiger partial charge in [-0.3, -0.25) is 4.79 Å². The third-order valence-electron chi connectivity index (χ3n) is 1.57. The van der Waals surface area contributed by atoms with Gasteiger partial charge < -0.3 is 15.0 Å². The van der Waals surface area contributed by atoms with Gasteiger partial charge in [0, 0.05) is 12.6 Å². The predicted molar refractivity (Wildman–Crippen MR) is 49.8 cm³/mol. The van der Waals surface area contributed by atoms with Crippen molar-refractivity contribution in [2.24, 2.45) is 0 Å². The zero-order valence-electron chi connectivity index (χ0n) is 7.28. The van der Waals surface area contributed by atoms with Gasteiger partial charge in [0.25, 0.3) is 5.91 Å². The smallest absolute Gasteiger partial charge is 0.504 e. The van der Waals surface area contributed by atoms with E-state index in [9.17, 15) is 4.79 Å². The van der Waals surface area contributed by atoms with Crippen molar-refractivity contribution in [3.63, 3.8) is 0 Å². The first-order valence-electron chi connectivity index (χ1n) is 3.83. The molecule has 1 amide bonds. The molecule has 1 aromatic rings. The van der Waals surface area contributed by atoms with Crippen molar-refractivity contribution in [1.29, 1.82) is 0 Å². The summed E-state index contributed by atoms with van der Waals surface area (Å²) in [6.45, 7) is 0. The van der Waals surface area contributed by atoms with E-state index in [0.29, 0.717) is 11.3 Å². The molecule has 0 heterocycles. The molecular formula is C8H10BNO3. The third-order valence-corrected chi connectivity index (χ3v) is 1.57. The maximum Gasteiger partial charge on any atom is 0.504 e. The van der Waals surface area contributed by atoms with Gasteiger partial charge in [-0.15, -0.1) is 0 Å². The van der Waals surface area contributed by atoms with Crippen LogP contribution in [0.1, 0.15) is 10.4 Å². The first-order chi connectivity index (χ1) is 6.27. The highest BCUT2D eigenvalue weighted by atomic mass is 16.5. The molecule has 0 unspecified atom stereocenters. The molecule has 0 aliphatic rings. The van der Waals surface area contributed by atoms with Crippen LogP contribution >= 0.6 is 0 Å². The molecule has 2 N–H and O–H groups in total. The lowest BCUT2D eigenvalue weighted by atomic mass is 10.2. The Morgan fingerprint density at radius 3 is 2.54 bits per heavy atom. The van der Waals surface area contributed by atoms with Crippen LogP contribution in [0.2, 0.25) is 0 Å². The third kappa shape index (κ3) is 2.49. The molecule has 0 atom stereocenters. The van der Waals surface area contributed by atoms with Gasteiger partial charge in [0.1, 0.15) is 5.75 Å². The molecule has 0 spiro atoms. The molecular weight excluding hydrogens is 169 g/mol. The van der Waals surface area contributed by atoms with Gasteiger partial charge in [-0.1, -0.05) is 0 Å². The highest BCUT2D eigenvalue weighted by molar-refractivity contribution is 6.17. The largest absolute Gasteiger partial charge is 0.539 e. The van der Waals surface area contributed by atoms with Gasteiger partial charge in [0.15, 0.2) is 0 Å². The Labute approximate surface area is 76.8 Å². The minimum Gasteiger partial charge on any atom is -0.539 e. The molecule has 0 aromatic heterocycles. The zero-order chi connectivity index (χ0) is 9.68. The molecule has 68 valence electrons. The van der Waals surface area contributed by atoms with Crippen molar-refractivity contribution in [1.82, 2.24) is 5.32 Å². The fourth-order valence-electron chi connectivity index (χ4n) is 0.921. The highest BCUT2D eigenvalue weighted by Crippen LogP contribution is 2.10. The molecule has 4 nitrogen and oxygen atoms in total. The van der Waals surface area contributed by atoms with Gasteiger partial charge in [0.05, 0.1) is 0 Å². The number of carbonyl (C=O) groups is 1. The summed E-state index contributed by atoms with van der Waals surface area (Å²) in [7, 11) is 1.21. The summed E-state index contributed by atoms with van der Waals surface area (Å²) in [4.78, 5) is 11.1. The summed E-state index contributed by atoms with van der Waals surface area (Å²) >= 11 is 0. The van der Waals surface area contributed by atoms with Crippen LogP contribution in [-0.2, 0) is 0 Å². The van der Waals surface area contributed by atoms with Crippen molar-refractivity contribution in [3.05, 3.63) is 29.8 Å². The van der Waals surface area contributed by atoms with Crippen LogP contribution in [0.15, 0.2) is 24.3 Å². The van der Waals surface area contributed by atoms with Crippen LogP contribution in [0.3, 0.4) is 0 Å². The first kappa shape index (κ1) is 9.60. The number of carbonyl (C=O) groups excluding carboxylic acids is 1. The second kappa shape index (κ2) is 4.52. The van der Waals surface area contributed by atoms with Gasteiger partial charge in [-0.2, -0.15) is 0 Å². The Morgan fingerprint density at radius 2 is 2.08 bits per heavy atom. The first-order valence-corrected chi connectivity index (χ1v) is 3.83. The van der Waals surface area contributed by atoms with E-state index >= 15 is 0 Å². The van der Waals surface area contributed by atoms with Crippen molar-refractivity contribution in [2.45, 2.75) is 0 Å². The topological polar surface area (TPSA) is 58.6 Å². The number of hydrogen-bond donors (Lipinski definition) is 2. The fourth-order valence-corrected chi connectivity index (χ4v) is 0.921. The quantitative estimate of drug-likeness (QED) is 0.625. The fraction of sp³-hybridized carbons (Fsp3) is 0.125. The van der Waals surface area contributed by atoms with Gasteiger partial charge in [-0.05, 0) is 24.3 Å². The number of rotatable bonds is 3. The van der Waals surface area contributed by atoms with Gasteiger partial charge in [0.2, 0.25) is 0 Å². The standard InChI is InChI=1S/C8H10BNO3/c1-10-8(11)6-2-4-7(5-3-6)13-9-12/h2-5,9,12H,1H3,(H,10,11). The summed E-state index contributed by atoms with van der Waals surface area (Å²) in [6, 6.07) is 6.51. The summed E-state index contributed by atoms with van der Waals surface area (Å²) in [5.41, 5.74) is 0.563. The van der Waals surface area contributed by atoms with Gasteiger partial charge in [-0.25, -0.2) is 0 Å². The van der Waals surface area contributed by atoms with E-state index in [2.05, 4.69) is 5.32 Å². The van der Waals surface area contributed by atoms with Crippen LogP contribution in [0.25, 0.3) is 0 Å². The van der Waals surface area contributed by atoms with E-state index in [1.54, 1.807) is 31.3 Å². The molecule has 1 rings (SSSR count). The molecule has 0 fully saturated rings. The second-order valence-corrected chi connectivity index (χ2v) is 2.38. The summed E-state index contributed by atoms with van der Waals surface area (Å²) in [6.07, 6.45) is 0. The number of benzene rings is 1. The number of amides is 1. The summed E-state index contributed by atoms with van der Waals surface area (Å²) in [5.74, 6) is 0.394. The molecule has 0 bridgehead atoms. The summed E-state index contributed by atoms with van der Waals surface area (Å²) in [5, 5.41) is 10.9. The molecule has 0 saturated heterocycles. The molecule has 0 radical (unpaired) electrons. The Bertz CT molecular complexity index is 286. The molecule has 5 heteroatoms. The van der Waals surface area contributed by atoms with E-state index in [1.165, 1.54) is 0 Å². The van der Waals surface area contributed by atoms with Crippen molar-refractivity contribution in [2.75, 3.05) is 7.05 Å². The minimum absolute atomic E-state index is 0.143. The lowest BCUT2D eigenvalue weighted by Crippen LogP contribution is -2.17. The van der Waals surface area contributed by atoms with Crippen LogP contribution in [-0.4, -0.2) is 25.7 Å². The molecule has 1 aromatic carbocycles. The molecule has 0 aliphatic carbocycles. The van der Waals surface area contributed by atoms with Crippen molar-refractivity contribution in [3.8, 4) is 5.75 Å². The van der Waals surface area contributed by atoms with Crippen LogP contribution in [0.5, 0.6) is 5.75 Å². The van der Waals surface area contributed by atoms with Crippen LogP contribution < -0.4 is 9.97 Å². The minimum atomic E-state index is -0.362. The predicted octanol–water partition coefficient (Wildman–Crippen LogP) is -0.316. The molecule has 0 aliphatic heterocycles. The lowest BCUT2D eigenvalue weighted by molar-refractivity contribution is 0.0963. The zero-order valence-corrected chi connectivity index (χ0v) is 7.28. The molecule has 0 saturated carbocycles. The monoisotopic (exact) mass is 179 g/mol. The average molecular weight is 179 g/mol. The Balaban J connectivity index is 2.75. The number of hydrogen-bond acceptors (Lipinski definition) is 3. The Hall–Kier alpha value is -1.49. The van der Waals surface area contributed by atoms with Crippen molar-refractivity contribution < 1.29 is 14.5 Å². The van der Waals surface area contributed by atoms with E-state index in [0.717, 1.165) is 0 Å². The van der Waals surface area contributed by atoms with E-state index in [-0.39, 0.29) is 13.6 Å². The van der Waals surface area contributed by atoms with Crippen molar-refractivity contribution >= 4 is 13.6 Å². The Kier molecular flexibility index (Phi) is 3.34. The summed E-state index contributed by atoms with van der Waals surface area (Å²) < 4.78 is 4.80. The maximum atomic E-state index is 11.1. The SMILES string of the molecule is CNC(=O)c1ccc(OBO)cc1. The van der Waals surface area contributed by atoms with Gasteiger partial charge >= 0.3 is 7.69 Å². The van der Waals surface area contributed by atoms with E-state index in [1.807, 2.05) is 0 Å². The molecule has 13 heavy (non-hydrogen) atoms. The average Bonchev–Trinajstić information content (AvgIpc) is 2.18. The normalized spacial score (nSPS) is 9.08. The lowest BCUT2D eigenvalue weighted by Gasteiger charge is -2.02. The van der Waals surface area contributed by atoms with Crippen LogP contribution in [0.4, 0.5) is 0 Å². The van der Waals surface area contributed by atoms with E-state index in [4.69, 9.17) is 9.68 Å². The number of nitrogens with one attached hydrogen (secondary N) is 1. The Morgan fingerprint density at radius 1 is 1.46 bits per heavy atom.